The molecule has 0 bridgehead atoms. The first kappa shape index (κ1) is 10.6. The molecule has 0 spiro atoms. The minimum Gasteiger partial charge on any atom is -0.260 e. The first-order valence-electron chi connectivity index (χ1n) is 4.77. The van der Waals surface area contributed by atoms with Crippen molar-refractivity contribution >= 4 is 11.8 Å². The highest BCUT2D eigenvalue weighted by molar-refractivity contribution is 7.98. The van der Waals surface area contributed by atoms with Crippen molar-refractivity contribution in [2.24, 2.45) is 0 Å². The summed E-state index contributed by atoms with van der Waals surface area (Å²) < 4.78 is 0. The van der Waals surface area contributed by atoms with Crippen molar-refractivity contribution in [3.8, 4) is 0 Å². The Morgan fingerprint density at radius 1 is 1.46 bits per heavy atom. The van der Waals surface area contributed by atoms with Crippen molar-refractivity contribution < 1.29 is 0 Å². The summed E-state index contributed by atoms with van der Waals surface area (Å²) in [6, 6.07) is 2.21. The second-order valence-corrected chi connectivity index (χ2v) is 4.10. The van der Waals surface area contributed by atoms with Gasteiger partial charge >= 0.3 is 0 Å². The van der Waals surface area contributed by atoms with Crippen molar-refractivity contribution in [1.82, 2.24) is 4.98 Å². The number of rotatable bonds is 4. The number of unbranched alkanes of at least 4 members (excludes halogenated alkanes) is 1. The van der Waals surface area contributed by atoms with Gasteiger partial charge in [0.25, 0.3) is 0 Å². The molecule has 0 saturated carbocycles. The van der Waals surface area contributed by atoms with Gasteiger partial charge in [0.05, 0.1) is 0 Å². The summed E-state index contributed by atoms with van der Waals surface area (Å²) >= 11 is 1.77. The molecule has 0 aromatic carbocycles. The van der Waals surface area contributed by atoms with E-state index in [1.165, 1.54) is 29.0 Å². The fourth-order valence-corrected chi connectivity index (χ4v) is 1.85. The zero-order valence-electron chi connectivity index (χ0n) is 8.63. The number of aromatic nitrogens is 1. The van der Waals surface area contributed by atoms with E-state index in [-0.39, 0.29) is 0 Å². The summed E-state index contributed by atoms with van der Waals surface area (Å²) in [5.74, 6) is 0. The lowest BCUT2D eigenvalue weighted by molar-refractivity contribution is 0.773. The Labute approximate surface area is 85.0 Å². The van der Waals surface area contributed by atoms with Crippen LogP contribution in [0.5, 0.6) is 0 Å². The fourth-order valence-electron chi connectivity index (χ4n) is 1.31. The third-order valence-electron chi connectivity index (χ3n) is 2.13. The Balaban J connectivity index is 2.71. The molecule has 0 unspecified atom stereocenters. The number of pyridine rings is 1. The van der Waals surface area contributed by atoms with Crippen LogP contribution in [0.1, 0.15) is 31.0 Å². The molecule has 2 heteroatoms. The van der Waals surface area contributed by atoms with Crippen molar-refractivity contribution in [2.45, 2.75) is 38.0 Å². The molecular weight excluding hydrogens is 178 g/mol. The summed E-state index contributed by atoms with van der Waals surface area (Å²) in [7, 11) is 0. The molecule has 0 aliphatic rings. The van der Waals surface area contributed by atoms with E-state index < -0.39 is 0 Å². The number of hydrogen-bond donors (Lipinski definition) is 0. The number of aryl methyl sites for hydroxylation is 2. The lowest BCUT2D eigenvalue weighted by Crippen LogP contribution is -1.92. The lowest BCUT2D eigenvalue weighted by Gasteiger charge is -2.04. The molecule has 0 radical (unpaired) electrons. The molecule has 0 saturated heterocycles. The minimum absolute atomic E-state index is 1.12. The molecule has 13 heavy (non-hydrogen) atoms. The van der Waals surface area contributed by atoms with Crippen LogP contribution >= 0.6 is 11.8 Å². The molecule has 1 aromatic rings. The van der Waals surface area contributed by atoms with Crippen LogP contribution in [-0.2, 0) is 6.42 Å². The van der Waals surface area contributed by atoms with Gasteiger partial charge in [0.2, 0.25) is 0 Å². The van der Waals surface area contributed by atoms with E-state index in [1.54, 1.807) is 11.8 Å². The largest absolute Gasteiger partial charge is 0.260 e. The van der Waals surface area contributed by atoms with Gasteiger partial charge in [0.1, 0.15) is 0 Å². The van der Waals surface area contributed by atoms with Crippen molar-refractivity contribution in [3.63, 3.8) is 0 Å². The molecule has 0 atom stereocenters. The van der Waals surface area contributed by atoms with Crippen LogP contribution in [0, 0.1) is 6.92 Å². The van der Waals surface area contributed by atoms with Gasteiger partial charge in [-0.05, 0) is 37.7 Å². The van der Waals surface area contributed by atoms with E-state index in [1.807, 2.05) is 6.20 Å². The zero-order chi connectivity index (χ0) is 9.68. The summed E-state index contributed by atoms with van der Waals surface area (Å²) in [6.07, 6.45) is 7.68. The average Bonchev–Trinajstić information content (AvgIpc) is 2.15. The molecule has 0 aliphatic carbocycles. The van der Waals surface area contributed by atoms with Gasteiger partial charge in [-0.1, -0.05) is 13.3 Å². The molecule has 0 aliphatic heterocycles. The number of hydrogen-bond acceptors (Lipinski definition) is 2. The maximum atomic E-state index is 4.43. The highest BCUT2D eigenvalue weighted by Crippen LogP contribution is 2.19. The number of nitrogens with zero attached hydrogens (tertiary/aromatic N) is 1. The van der Waals surface area contributed by atoms with Gasteiger partial charge in [-0.15, -0.1) is 11.8 Å². The van der Waals surface area contributed by atoms with Gasteiger partial charge in [0, 0.05) is 16.8 Å². The van der Waals surface area contributed by atoms with E-state index >= 15 is 0 Å². The summed E-state index contributed by atoms with van der Waals surface area (Å²) in [5, 5.41) is 0. The highest BCUT2D eigenvalue weighted by atomic mass is 32.2. The van der Waals surface area contributed by atoms with Crippen LogP contribution in [0.4, 0.5) is 0 Å². The zero-order valence-corrected chi connectivity index (χ0v) is 9.45. The molecule has 1 aromatic heterocycles. The Hall–Kier alpha value is -0.500. The predicted molar refractivity (Wildman–Crippen MR) is 59.4 cm³/mol. The third kappa shape index (κ3) is 3.03. The molecule has 1 heterocycles. The second-order valence-electron chi connectivity index (χ2n) is 3.25. The molecule has 0 N–H and O–H groups in total. The van der Waals surface area contributed by atoms with Gasteiger partial charge in [-0.2, -0.15) is 0 Å². The van der Waals surface area contributed by atoms with Gasteiger partial charge in [0.15, 0.2) is 0 Å². The fraction of sp³-hybridized carbons (Fsp3) is 0.545. The Bertz CT molecular complexity index is 271. The standard InChI is InChI=1S/C11H17NS/c1-4-5-6-10-7-9(2)11(13-3)8-12-10/h7-8H,4-6H2,1-3H3. The van der Waals surface area contributed by atoms with Crippen LogP contribution in [-0.4, -0.2) is 11.2 Å². The van der Waals surface area contributed by atoms with Crippen LogP contribution in [0.15, 0.2) is 17.2 Å². The Morgan fingerprint density at radius 2 is 2.23 bits per heavy atom. The summed E-state index contributed by atoms with van der Waals surface area (Å²) in [4.78, 5) is 5.72. The van der Waals surface area contributed by atoms with Crippen molar-refractivity contribution in [3.05, 3.63) is 23.5 Å². The lowest BCUT2D eigenvalue weighted by atomic mass is 10.1. The maximum Gasteiger partial charge on any atom is 0.0409 e. The summed E-state index contributed by atoms with van der Waals surface area (Å²) in [5.41, 5.74) is 2.59. The first-order chi connectivity index (χ1) is 6.27. The van der Waals surface area contributed by atoms with E-state index in [9.17, 15) is 0 Å². The predicted octanol–water partition coefficient (Wildman–Crippen LogP) is 3.45. The molecule has 1 nitrogen and oxygen atoms in total. The van der Waals surface area contributed by atoms with E-state index in [0.29, 0.717) is 0 Å². The van der Waals surface area contributed by atoms with E-state index in [4.69, 9.17) is 0 Å². The monoisotopic (exact) mass is 195 g/mol. The van der Waals surface area contributed by atoms with E-state index in [2.05, 4.69) is 31.2 Å². The molecule has 1 rings (SSSR count). The SMILES string of the molecule is CCCCc1cc(C)c(SC)cn1. The van der Waals surface area contributed by atoms with Gasteiger partial charge in [-0.25, -0.2) is 0 Å². The molecular formula is C11H17NS. The number of thioether (sulfide) groups is 1. The third-order valence-corrected chi connectivity index (χ3v) is 2.99. The molecule has 0 amide bonds. The second kappa shape index (κ2) is 5.28. The Morgan fingerprint density at radius 3 is 2.77 bits per heavy atom. The molecule has 0 fully saturated rings. The summed E-state index contributed by atoms with van der Waals surface area (Å²) in [6.45, 7) is 4.37. The van der Waals surface area contributed by atoms with Crippen LogP contribution in [0.3, 0.4) is 0 Å². The van der Waals surface area contributed by atoms with Gasteiger partial charge < -0.3 is 0 Å². The van der Waals surface area contributed by atoms with Gasteiger partial charge in [-0.3, -0.25) is 4.98 Å². The quantitative estimate of drug-likeness (QED) is 0.682. The van der Waals surface area contributed by atoms with Crippen molar-refractivity contribution in [2.75, 3.05) is 6.26 Å². The Kier molecular flexibility index (Phi) is 4.29. The molecule has 72 valence electrons. The smallest absolute Gasteiger partial charge is 0.0409 e. The van der Waals surface area contributed by atoms with Crippen molar-refractivity contribution in [1.29, 1.82) is 0 Å². The first-order valence-corrected chi connectivity index (χ1v) is 6.00. The van der Waals surface area contributed by atoms with Crippen LogP contribution in [0.25, 0.3) is 0 Å². The van der Waals surface area contributed by atoms with Crippen LogP contribution in [0.2, 0.25) is 0 Å². The van der Waals surface area contributed by atoms with E-state index in [0.717, 1.165) is 6.42 Å². The topological polar surface area (TPSA) is 12.9 Å². The van der Waals surface area contributed by atoms with Crippen LogP contribution < -0.4 is 0 Å². The maximum absolute atomic E-state index is 4.43. The normalized spacial score (nSPS) is 10.4. The average molecular weight is 195 g/mol. The minimum atomic E-state index is 1.12. The highest BCUT2D eigenvalue weighted by Gasteiger charge is 1.99.